The summed E-state index contributed by atoms with van der Waals surface area (Å²) >= 11 is 0. The van der Waals surface area contributed by atoms with Crippen molar-refractivity contribution >= 4 is 11.6 Å². The van der Waals surface area contributed by atoms with Crippen LogP contribution < -0.4 is 11.1 Å². The third-order valence-electron chi connectivity index (χ3n) is 3.53. The Hall–Kier alpha value is -1.39. The number of ether oxygens (including phenoxy) is 1. The Morgan fingerprint density at radius 3 is 3.05 bits per heavy atom. The SMILES string of the molecule is Cc1ccc(CN)cc1NC(=O)CCC1CCCO1. The monoisotopic (exact) mass is 262 g/mol. The number of hydrogen-bond donors (Lipinski definition) is 2. The first-order valence-corrected chi connectivity index (χ1v) is 6.90. The molecule has 1 unspecified atom stereocenters. The molecule has 0 spiro atoms. The number of nitrogens with two attached hydrogens (primary N) is 1. The number of amides is 1. The molecule has 1 aromatic carbocycles. The Bertz CT molecular complexity index is 440. The average Bonchev–Trinajstić information content (AvgIpc) is 2.92. The van der Waals surface area contributed by atoms with Gasteiger partial charge in [0, 0.05) is 25.3 Å². The Balaban J connectivity index is 1.87. The van der Waals surface area contributed by atoms with Crippen LogP contribution in [-0.2, 0) is 16.1 Å². The highest BCUT2D eigenvalue weighted by Crippen LogP contribution is 2.19. The molecule has 0 bridgehead atoms. The number of carbonyl (C=O) groups excluding carboxylic acids is 1. The van der Waals surface area contributed by atoms with E-state index in [1.807, 2.05) is 25.1 Å². The molecule has 1 heterocycles. The molecule has 104 valence electrons. The van der Waals surface area contributed by atoms with E-state index in [2.05, 4.69) is 5.32 Å². The summed E-state index contributed by atoms with van der Waals surface area (Å²) in [6, 6.07) is 5.91. The van der Waals surface area contributed by atoms with Crippen molar-refractivity contribution in [2.75, 3.05) is 11.9 Å². The van der Waals surface area contributed by atoms with Crippen LogP contribution in [0, 0.1) is 6.92 Å². The lowest BCUT2D eigenvalue weighted by atomic mass is 10.1. The predicted octanol–water partition coefficient (Wildman–Crippen LogP) is 2.35. The molecule has 1 aliphatic heterocycles. The summed E-state index contributed by atoms with van der Waals surface area (Å²) in [5, 5.41) is 2.96. The normalized spacial score (nSPS) is 18.5. The zero-order valence-electron chi connectivity index (χ0n) is 11.4. The van der Waals surface area contributed by atoms with Gasteiger partial charge in [-0.3, -0.25) is 4.79 Å². The fourth-order valence-corrected chi connectivity index (χ4v) is 2.31. The summed E-state index contributed by atoms with van der Waals surface area (Å²) in [5.74, 6) is 0.0489. The Morgan fingerprint density at radius 2 is 2.37 bits per heavy atom. The standard InChI is InChI=1S/C15H22N2O2/c1-11-4-5-12(10-16)9-14(11)17-15(18)7-6-13-3-2-8-19-13/h4-5,9,13H,2-3,6-8,10,16H2,1H3,(H,17,18). The molecule has 0 radical (unpaired) electrons. The largest absolute Gasteiger partial charge is 0.378 e. The zero-order chi connectivity index (χ0) is 13.7. The molecule has 0 aliphatic carbocycles. The van der Waals surface area contributed by atoms with Crippen molar-refractivity contribution in [3.63, 3.8) is 0 Å². The van der Waals surface area contributed by atoms with Crippen molar-refractivity contribution in [2.45, 2.75) is 45.3 Å². The van der Waals surface area contributed by atoms with Crippen molar-refractivity contribution in [3.05, 3.63) is 29.3 Å². The molecule has 4 heteroatoms. The Labute approximate surface area is 114 Å². The number of nitrogens with one attached hydrogen (secondary N) is 1. The van der Waals surface area contributed by atoms with Gasteiger partial charge in [0.1, 0.15) is 0 Å². The molecule has 1 saturated heterocycles. The van der Waals surface area contributed by atoms with Gasteiger partial charge in [-0.05, 0) is 43.4 Å². The van der Waals surface area contributed by atoms with Gasteiger partial charge in [0.2, 0.25) is 5.91 Å². The van der Waals surface area contributed by atoms with Gasteiger partial charge in [-0.15, -0.1) is 0 Å². The maximum atomic E-state index is 11.9. The van der Waals surface area contributed by atoms with Crippen LogP contribution in [0.15, 0.2) is 18.2 Å². The maximum Gasteiger partial charge on any atom is 0.224 e. The zero-order valence-corrected chi connectivity index (χ0v) is 11.4. The van der Waals surface area contributed by atoms with E-state index in [0.29, 0.717) is 13.0 Å². The van der Waals surface area contributed by atoms with Crippen LogP contribution in [0.1, 0.15) is 36.8 Å². The van der Waals surface area contributed by atoms with Crippen molar-refractivity contribution < 1.29 is 9.53 Å². The van der Waals surface area contributed by atoms with Gasteiger partial charge < -0.3 is 15.8 Å². The minimum Gasteiger partial charge on any atom is -0.378 e. The third-order valence-corrected chi connectivity index (χ3v) is 3.53. The first-order chi connectivity index (χ1) is 9.19. The van der Waals surface area contributed by atoms with E-state index in [0.717, 1.165) is 42.7 Å². The van der Waals surface area contributed by atoms with E-state index in [1.165, 1.54) is 0 Å². The van der Waals surface area contributed by atoms with Gasteiger partial charge in [-0.1, -0.05) is 12.1 Å². The summed E-state index contributed by atoms with van der Waals surface area (Å²) < 4.78 is 5.52. The number of carbonyl (C=O) groups is 1. The highest BCUT2D eigenvalue weighted by Gasteiger charge is 2.16. The predicted molar refractivity (Wildman–Crippen MR) is 75.9 cm³/mol. The number of anilines is 1. The van der Waals surface area contributed by atoms with E-state index in [9.17, 15) is 4.79 Å². The minimum atomic E-state index is 0.0489. The molecule has 1 atom stereocenters. The number of hydrogen-bond acceptors (Lipinski definition) is 3. The van der Waals surface area contributed by atoms with Crippen molar-refractivity contribution in [1.82, 2.24) is 0 Å². The summed E-state index contributed by atoms with van der Waals surface area (Å²) in [4.78, 5) is 11.9. The molecule has 1 fully saturated rings. The molecular formula is C15H22N2O2. The summed E-state index contributed by atoms with van der Waals surface area (Å²) in [6.45, 7) is 3.30. The summed E-state index contributed by atoms with van der Waals surface area (Å²) in [6.07, 6.45) is 3.78. The topological polar surface area (TPSA) is 64.3 Å². The Kier molecular flexibility index (Phi) is 4.93. The average molecular weight is 262 g/mol. The molecule has 0 saturated carbocycles. The molecule has 2 rings (SSSR count). The van der Waals surface area contributed by atoms with E-state index >= 15 is 0 Å². The molecule has 1 aliphatic rings. The molecule has 0 aromatic heterocycles. The van der Waals surface area contributed by atoms with E-state index in [-0.39, 0.29) is 12.0 Å². The molecule has 3 N–H and O–H groups in total. The lowest BCUT2D eigenvalue weighted by Crippen LogP contribution is -2.16. The van der Waals surface area contributed by atoms with E-state index in [4.69, 9.17) is 10.5 Å². The molecule has 1 aromatic rings. The van der Waals surface area contributed by atoms with Gasteiger partial charge in [-0.2, -0.15) is 0 Å². The Morgan fingerprint density at radius 1 is 1.53 bits per heavy atom. The molecular weight excluding hydrogens is 240 g/mol. The first-order valence-electron chi connectivity index (χ1n) is 6.90. The number of rotatable bonds is 5. The summed E-state index contributed by atoms with van der Waals surface area (Å²) in [5.41, 5.74) is 8.56. The van der Waals surface area contributed by atoms with Crippen LogP contribution in [0.25, 0.3) is 0 Å². The summed E-state index contributed by atoms with van der Waals surface area (Å²) in [7, 11) is 0. The fourth-order valence-electron chi connectivity index (χ4n) is 2.31. The van der Waals surface area contributed by atoms with Crippen LogP contribution in [0.5, 0.6) is 0 Å². The fraction of sp³-hybridized carbons (Fsp3) is 0.533. The number of benzene rings is 1. The number of aryl methyl sites for hydroxylation is 1. The highest BCUT2D eigenvalue weighted by molar-refractivity contribution is 5.91. The second kappa shape index (κ2) is 6.68. The first kappa shape index (κ1) is 14.0. The van der Waals surface area contributed by atoms with Crippen LogP contribution in [0.3, 0.4) is 0 Å². The maximum absolute atomic E-state index is 11.9. The smallest absolute Gasteiger partial charge is 0.224 e. The van der Waals surface area contributed by atoms with Crippen molar-refractivity contribution in [2.24, 2.45) is 5.73 Å². The molecule has 4 nitrogen and oxygen atoms in total. The third kappa shape index (κ3) is 4.04. The lowest BCUT2D eigenvalue weighted by Gasteiger charge is -2.12. The van der Waals surface area contributed by atoms with Crippen molar-refractivity contribution in [3.8, 4) is 0 Å². The van der Waals surface area contributed by atoms with Crippen molar-refractivity contribution in [1.29, 1.82) is 0 Å². The quantitative estimate of drug-likeness (QED) is 0.856. The van der Waals surface area contributed by atoms with Crippen LogP contribution >= 0.6 is 0 Å². The highest BCUT2D eigenvalue weighted by atomic mass is 16.5. The van der Waals surface area contributed by atoms with Gasteiger partial charge in [0.05, 0.1) is 6.10 Å². The minimum absolute atomic E-state index is 0.0489. The van der Waals surface area contributed by atoms with Gasteiger partial charge in [0.25, 0.3) is 0 Å². The van der Waals surface area contributed by atoms with Gasteiger partial charge >= 0.3 is 0 Å². The van der Waals surface area contributed by atoms with Crippen LogP contribution in [0.2, 0.25) is 0 Å². The van der Waals surface area contributed by atoms with E-state index < -0.39 is 0 Å². The lowest BCUT2D eigenvalue weighted by molar-refractivity contribution is -0.116. The second-order valence-corrected chi connectivity index (χ2v) is 5.08. The van der Waals surface area contributed by atoms with Gasteiger partial charge in [-0.25, -0.2) is 0 Å². The molecule has 1 amide bonds. The van der Waals surface area contributed by atoms with E-state index in [1.54, 1.807) is 0 Å². The van der Waals surface area contributed by atoms with Crippen LogP contribution in [-0.4, -0.2) is 18.6 Å². The van der Waals surface area contributed by atoms with Crippen LogP contribution in [0.4, 0.5) is 5.69 Å². The van der Waals surface area contributed by atoms with Gasteiger partial charge in [0.15, 0.2) is 0 Å². The second-order valence-electron chi connectivity index (χ2n) is 5.08. The molecule has 19 heavy (non-hydrogen) atoms.